The third-order valence-corrected chi connectivity index (χ3v) is 3.81. The van der Waals surface area contributed by atoms with Crippen LogP contribution in [0.2, 0.25) is 0 Å². The van der Waals surface area contributed by atoms with E-state index in [0.717, 1.165) is 5.56 Å². The first kappa shape index (κ1) is 15.4. The van der Waals surface area contributed by atoms with Crippen LogP contribution in [0.4, 0.5) is 4.39 Å². The van der Waals surface area contributed by atoms with Crippen molar-refractivity contribution in [1.29, 1.82) is 0 Å². The monoisotopic (exact) mass is 335 g/mol. The molecule has 0 unspecified atom stereocenters. The third-order valence-electron chi connectivity index (χ3n) is 3.81. The zero-order valence-electron chi connectivity index (χ0n) is 13.2. The first-order valence-corrected chi connectivity index (χ1v) is 7.88. The molecule has 7 heteroatoms. The Kier molecular flexibility index (Phi) is 4.19. The van der Waals surface area contributed by atoms with Gasteiger partial charge in [0.2, 0.25) is 11.7 Å². The largest absolute Gasteiger partial charge is 0.337 e. The van der Waals surface area contributed by atoms with Crippen LogP contribution in [-0.2, 0) is 0 Å². The number of nitrogens with one attached hydrogen (secondary N) is 1. The van der Waals surface area contributed by atoms with Crippen molar-refractivity contribution in [3.8, 4) is 23.4 Å². The minimum atomic E-state index is -0.879. The van der Waals surface area contributed by atoms with Crippen molar-refractivity contribution < 1.29 is 8.91 Å². The van der Waals surface area contributed by atoms with Gasteiger partial charge in [-0.1, -0.05) is 17.1 Å². The number of halogens is 1. The second-order valence-electron chi connectivity index (χ2n) is 5.65. The molecule has 0 saturated carbocycles. The van der Waals surface area contributed by atoms with E-state index in [1.54, 1.807) is 18.5 Å². The number of hydrogen-bond acceptors (Lipinski definition) is 6. The van der Waals surface area contributed by atoms with Gasteiger partial charge in [0.05, 0.1) is 6.04 Å². The summed E-state index contributed by atoms with van der Waals surface area (Å²) in [6.45, 7) is 0.310. The second kappa shape index (κ2) is 6.79. The highest BCUT2D eigenvalue weighted by Gasteiger charge is 2.29. The molecule has 2 atom stereocenters. The molecule has 0 bridgehead atoms. The molecule has 1 N–H and O–H groups in total. The van der Waals surface area contributed by atoms with Crippen LogP contribution < -0.4 is 5.32 Å². The van der Waals surface area contributed by atoms with Crippen LogP contribution in [0.15, 0.2) is 47.2 Å². The van der Waals surface area contributed by atoms with Gasteiger partial charge in [-0.3, -0.25) is 4.98 Å². The summed E-state index contributed by atoms with van der Waals surface area (Å²) in [6.07, 6.45) is 2.81. The van der Waals surface area contributed by atoms with Crippen molar-refractivity contribution in [3.63, 3.8) is 0 Å². The van der Waals surface area contributed by atoms with Gasteiger partial charge in [0.15, 0.2) is 0 Å². The van der Waals surface area contributed by atoms with Crippen molar-refractivity contribution in [3.05, 3.63) is 59.9 Å². The lowest BCUT2D eigenvalue weighted by Gasteiger charge is -2.01. The Bertz CT molecular complexity index is 914. The molecule has 0 radical (unpaired) electrons. The van der Waals surface area contributed by atoms with Crippen LogP contribution in [0.3, 0.4) is 0 Å². The fourth-order valence-corrected chi connectivity index (χ4v) is 2.53. The lowest BCUT2D eigenvalue weighted by Crippen LogP contribution is -2.14. The molecule has 0 aromatic carbocycles. The fourth-order valence-electron chi connectivity index (χ4n) is 2.53. The molecule has 1 saturated heterocycles. The Morgan fingerprint density at radius 3 is 2.84 bits per heavy atom. The van der Waals surface area contributed by atoms with Crippen molar-refractivity contribution in [1.82, 2.24) is 25.4 Å². The van der Waals surface area contributed by atoms with E-state index in [-0.39, 0.29) is 6.04 Å². The summed E-state index contributed by atoms with van der Waals surface area (Å²) in [7, 11) is 0. The molecular weight excluding hydrogens is 321 g/mol. The van der Waals surface area contributed by atoms with Gasteiger partial charge in [-0.05, 0) is 30.2 Å². The Morgan fingerprint density at radius 1 is 1.16 bits per heavy atom. The van der Waals surface area contributed by atoms with Gasteiger partial charge in [-0.15, -0.1) is 0 Å². The molecule has 4 rings (SSSR count). The maximum Gasteiger partial charge on any atom is 0.244 e. The quantitative estimate of drug-likeness (QED) is 0.724. The Morgan fingerprint density at radius 2 is 2.12 bits per heavy atom. The molecule has 3 aromatic rings. The number of hydrogen-bond donors (Lipinski definition) is 1. The van der Waals surface area contributed by atoms with Gasteiger partial charge in [0.1, 0.15) is 17.6 Å². The molecule has 124 valence electrons. The smallest absolute Gasteiger partial charge is 0.244 e. The first-order chi connectivity index (χ1) is 12.3. The second-order valence-corrected chi connectivity index (χ2v) is 5.65. The predicted molar refractivity (Wildman–Crippen MR) is 88.0 cm³/mol. The van der Waals surface area contributed by atoms with Crippen LogP contribution in [-0.4, -0.2) is 32.8 Å². The van der Waals surface area contributed by atoms with Crippen molar-refractivity contribution in [2.24, 2.45) is 0 Å². The molecule has 1 aliphatic rings. The summed E-state index contributed by atoms with van der Waals surface area (Å²) < 4.78 is 18.5. The van der Waals surface area contributed by atoms with E-state index in [1.165, 1.54) is 0 Å². The van der Waals surface area contributed by atoms with Gasteiger partial charge < -0.3 is 9.84 Å². The molecule has 4 heterocycles. The number of pyridine rings is 2. The summed E-state index contributed by atoms with van der Waals surface area (Å²) in [5.41, 5.74) is 2.04. The van der Waals surface area contributed by atoms with Crippen LogP contribution >= 0.6 is 0 Å². The summed E-state index contributed by atoms with van der Waals surface area (Å²) in [6, 6.07) is 8.94. The highest BCUT2D eigenvalue weighted by atomic mass is 19.1. The molecule has 6 nitrogen and oxygen atoms in total. The van der Waals surface area contributed by atoms with E-state index in [1.807, 2.05) is 24.3 Å². The maximum atomic E-state index is 13.2. The molecule has 1 fully saturated rings. The average molecular weight is 335 g/mol. The van der Waals surface area contributed by atoms with Crippen LogP contribution in [0.1, 0.15) is 29.6 Å². The summed E-state index contributed by atoms with van der Waals surface area (Å²) in [5, 5.41) is 6.94. The minimum Gasteiger partial charge on any atom is -0.337 e. The molecule has 0 spiro atoms. The normalized spacial score (nSPS) is 19.4. The van der Waals surface area contributed by atoms with Crippen molar-refractivity contribution in [2.45, 2.75) is 18.6 Å². The zero-order valence-corrected chi connectivity index (χ0v) is 13.2. The predicted octanol–water partition coefficient (Wildman–Crippen LogP) is 2.30. The van der Waals surface area contributed by atoms with Gasteiger partial charge in [0, 0.05) is 30.9 Å². The topological polar surface area (TPSA) is 76.7 Å². The first-order valence-electron chi connectivity index (χ1n) is 7.88. The Balaban J connectivity index is 1.49. The Hall–Kier alpha value is -3.11. The van der Waals surface area contributed by atoms with Gasteiger partial charge in [-0.25, -0.2) is 9.37 Å². The minimum absolute atomic E-state index is 0.236. The summed E-state index contributed by atoms with van der Waals surface area (Å²) in [4.78, 5) is 12.8. The van der Waals surface area contributed by atoms with Crippen molar-refractivity contribution in [2.75, 3.05) is 6.54 Å². The van der Waals surface area contributed by atoms with E-state index in [2.05, 4.69) is 37.3 Å². The molecular formula is C18H14FN5O. The van der Waals surface area contributed by atoms with E-state index in [4.69, 9.17) is 4.52 Å². The third kappa shape index (κ3) is 3.54. The molecule has 0 aliphatic carbocycles. The van der Waals surface area contributed by atoms with Crippen LogP contribution in [0.5, 0.6) is 0 Å². The lowest BCUT2D eigenvalue weighted by atomic mass is 10.2. The number of nitrogens with zero attached hydrogens (tertiary/aromatic N) is 4. The van der Waals surface area contributed by atoms with Gasteiger partial charge in [0.25, 0.3) is 0 Å². The van der Waals surface area contributed by atoms with Gasteiger partial charge >= 0.3 is 0 Å². The highest BCUT2D eigenvalue weighted by molar-refractivity contribution is 5.50. The number of alkyl halides is 1. The summed E-state index contributed by atoms with van der Waals surface area (Å²) >= 11 is 0. The van der Waals surface area contributed by atoms with E-state index < -0.39 is 6.17 Å². The lowest BCUT2D eigenvalue weighted by molar-refractivity contribution is 0.324. The highest BCUT2D eigenvalue weighted by Crippen LogP contribution is 2.25. The van der Waals surface area contributed by atoms with Crippen LogP contribution in [0, 0.1) is 11.8 Å². The SMILES string of the molecule is F[C@H]1CN[C@@H](c2nc(-c3ccc(C#Cc4ccccn4)cn3)no2)C1. The van der Waals surface area contributed by atoms with E-state index in [0.29, 0.717) is 36.1 Å². The Labute approximate surface area is 143 Å². The average Bonchev–Trinajstić information content (AvgIpc) is 3.30. The molecule has 3 aromatic heterocycles. The standard InChI is InChI=1S/C18H14FN5O/c19-13-9-16(22-11-13)18-23-17(24-25-18)15-7-5-12(10-21-15)4-6-14-3-1-2-8-20-14/h1-3,5,7-8,10,13,16,22H,9,11H2/t13-,16-/m1/s1. The zero-order chi connectivity index (χ0) is 17.1. The summed E-state index contributed by atoms with van der Waals surface area (Å²) in [5.74, 6) is 6.74. The van der Waals surface area contributed by atoms with Crippen molar-refractivity contribution >= 4 is 0 Å². The maximum absolute atomic E-state index is 13.2. The molecule has 0 amide bonds. The van der Waals surface area contributed by atoms with E-state index in [9.17, 15) is 4.39 Å². The van der Waals surface area contributed by atoms with E-state index >= 15 is 0 Å². The number of rotatable bonds is 2. The van der Waals surface area contributed by atoms with Crippen LogP contribution in [0.25, 0.3) is 11.5 Å². The fraction of sp³-hybridized carbons (Fsp3) is 0.222. The number of aromatic nitrogens is 4. The molecule has 25 heavy (non-hydrogen) atoms. The molecule has 1 aliphatic heterocycles. The van der Waals surface area contributed by atoms with Gasteiger partial charge in [-0.2, -0.15) is 4.98 Å².